The van der Waals surface area contributed by atoms with Crippen LogP contribution in [0.5, 0.6) is 5.75 Å². The summed E-state index contributed by atoms with van der Waals surface area (Å²) >= 11 is 0. The smallest absolute Gasteiger partial charge is 0.416 e. The van der Waals surface area contributed by atoms with Crippen molar-refractivity contribution in [1.29, 1.82) is 0 Å². The molecular formula is C18H22F3N3O3. The molecule has 6 nitrogen and oxygen atoms in total. The van der Waals surface area contributed by atoms with Crippen molar-refractivity contribution in [2.24, 2.45) is 4.99 Å². The van der Waals surface area contributed by atoms with Crippen LogP contribution in [0.2, 0.25) is 0 Å². The third kappa shape index (κ3) is 7.22. The van der Waals surface area contributed by atoms with Gasteiger partial charge in [-0.3, -0.25) is 0 Å². The second-order valence-electron chi connectivity index (χ2n) is 5.64. The van der Waals surface area contributed by atoms with Crippen molar-refractivity contribution in [3.05, 3.63) is 54.0 Å². The molecule has 0 aliphatic carbocycles. The van der Waals surface area contributed by atoms with E-state index in [2.05, 4.69) is 15.6 Å². The first-order valence-electron chi connectivity index (χ1n) is 8.41. The molecule has 148 valence electrons. The maximum atomic E-state index is 12.5. The molecule has 1 unspecified atom stereocenters. The highest BCUT2D eigenvalue weighted by Crippen LogP contribution is 2.30. The minimum absolute atomic E-state index is 0.0735. The van der Waals surface area contributed by atoms with Crippen molar-refractivity contribution < 1.29 is 27.4 Å². The van der Waals surface area contributed by atoms with Crippen LogP contribution in [0.4, 0.5) is 13.2 Å². The summed E-state index contributed by atoms with van der Waals surface area (Å²) in [6, 6.07) is 7.89. The molecule has 1 aromatic carbocycles. The van der Waals surface area contributed by atoms with E-state index in [0.717, 1.165) is 12.1 Å². The van der Waals surface area contributed by atoms with Gasteiger partial charge in [0.2, 0.25) is 0 Å². The maximum absolute atomic E-state index is 12.5. The zero-order chi connectivity index (χ0) is 19.7. The Morgan fingerprint density at radius 2 is 1.96 bits per heavy atom. The summed E-state index contributed by atoms with van der Waals surface area (Å²) in [4.78, 5) is 4.32. The average Bonchev–Trinajstić information content (AvgIpc) is 3.15. The Labute approximate surface area is 155 Å². The van der Waals surface area contributed by atoms with Crippen LogP contribution in [0.25, 0.3) is 0 Å². The molecule has 0 saturated heterocycles. The molecule has 0 amide bonds. The molecule has 1 heterocycles. The number of aliphatic imine (C=N–C) groups is 1. The molecule has 2 rings (SSSR count). The monoisotopic (exact) mass is 385 g/mol. The molecule has 0 spiro atoms. The van der Waals surface area contributed by atoms with Crippen LogP contribution in [0.15, 0.2) is 52.1 Å². The molecule has 0 aliphatic rings. The van der Waals surface area contributed by atoms with Crippen LogP contribution in [-0.4, -0.2) is 36.9 Å². The highest BCUT2D eigenvalue weighted by Gasteiger charge is 2.30. The lowest BCUT2D eigenvalue weighted by molar-refractivity contribution is -0.137. The Morgan fingerprint density at radius 3 is 2.56 bits per heavy atom. The Bertz CT molecular complexity index is 701. The summed E-state index contributed by atoms with van der Waals surface area (Å²) in [5, 5.41) is 16.0. The summed E-state index contributed by atoms with van der Waals surface area (Å²) in [6.45, 7) is 2.98. The lowest BCUT2D eigenvalue weighted by atomic mass is 10.2. The lowest BCUT2D eigenvalue weighted by Crippen LogP contribution is -2.42. The number of rotatable bonds is 8. The van der Waals surface area contributed by atoms with Crippen LogP contribution in [-0.2, 0) is 12.7 Å². The number of benzene rings is 1. The molecular weight excluding hydrogens is 363 g/mol. The minimum atomic E-state index is -4.39. The highest BCUT2D eigenvalue weighted by atomic mass is 19.4. The predicted molar refractivity (Wildman–Crippen MR) is 94.5 cm³/mol. The van der Waals surface area contributed by atoms with Crippen molar-refractivity contribution in [2.45, 2.75) is 25.7 Å². The predicted octanol–water partition coefficient (Wildman–Crippen LogP) is 2.79. The van der Waals surface area contributed by atoms with E-state index in [1.165, 1.54) is 12.1 Å². The second-order valence-corrected chi connectivity index (χ2v) is 5.64. The number of furan rings is 1. The van der Waals surface area contributed by atoms with Gasteiger partial charge in [0, 0.05) is 13.1 Å². The molecule has 0 radical (unpaired) electrons. The zero-order valence-electron chi connectivity index (χ0n) is 14.8. The number of aliphatic hydroxyl groups excluding tert-OH is 1. The number of nitrogens with one attached hydrogen (secondary N) is 2. The number of hydrogen-bond acceptors (Lipinski definition) is 4. The first-order valence-corrected chi connectivity index (χ1v) is 8.41. The molecule has 1 atom stereocenters. The van der Waals surface area contributed by atoms with Gasteiger partial charge in [0.15, 0.2) is 5.96 Å². The molecule has 0 fully saturated rings. The van der Waals surface area contributed by atoms with Crippen molar-refractivity contribution in [2.75, 3.05) is 19.7 Å². The van der Waals surface area contributed by atoms with Gasteiger partial charge in [0.1, 0.15) is 30.8 Å². The third-order valence-corrected chi connectivity index (χ3v) is 3.45. The molecule has 27 heavy (non-hydrogen) atoms. The summed E-state index contributed by atoms with van der Waals surface area (Å²) in [5.74, 6) is 1.46. The quantitative estimate of drug-likeness (QED) is 0.481. The number of nitrogens with zero attached hydrogens (tertiary/aromatic N) is 1. The largest absolute Gasteiger partial charge is 0.491 e. The molecule has 0 saturated carbocycles. The van der Waals surface area contributed by atoms with Crippen molar-refractivity contribution >= 4 is 5.96 Å². The number of hydrogen-bond donors (Lipinski definition) is 3. The Kier molecular flexibility index (Phi) is 7.54. The van der Waals surface area contributed by atoms with E-state index in [1.807, 2.05) is 6.92 Å². The van der Waals surface area contributed by atoms with Crippen LogP contribution in [0, 0.1) is 0 Å². The van der Waals surface area contributed by atoms with Crippen molar-refractivity contribution in [1.82, 2.24) is 10.6 Å². The van der Waals surface area contributed by atoms with Crippen molar-refractivity contribution in [3.8, 4) is 5.75 Å². The SMILES string of the molecule is CCNC(=NCc1ccco1)NCC(O)COc1ccc(C(F)(F)F)cc1. The van der Waals surface area contributed by atoms with Gasteiger partial charge in [-0.25, -0.2) is 4.99 Å². The zero-order valence-corrected chi connectivity index (χ0v) is 14.8. The van der Waals surface area contributed by atoms with E-state index in [0.29, 0.717) is 24.8 Å². The van der Waals surface area contributed by atoms with E-state index >= 15 is 0 Å². The molecule has 9 heteroatoms. The van der Waals surface area contributed by atoms with Crippen LogP contribution in [0.3, 0.4) is 0 Å². The van der Waals surface area contributed by atoms with E-state index < -0.39 is 17.8 Å². The number of alkyl halides is 3. The van der Waals surface area contributed by atoms with Gasteiger partial charge in [-0.05, 0) is 43.3 Å². The van der Waals surface area contributed by atoms with E-state index in [4.69, 9.17) is 9.15 Å². The second kappa shape index (κ2) is 9.86. The van der Waals surface area contributed by atoms with Gasteiger partial charge >= 0.3 is 6.18 Å². The number of guanidine groups is 1. The first-order chi connectivity index (χ1) is 12.9. The van der Waals surface area contributed by atoms with E-state index in [-0.39, 0.29) is 18.9 Å². The maximum Gasteiger partial charge on any atom is 0.416 e. The fraction of sp³-hybridized carbons (Fsp3) is 0.389. The lowest BCUT2D eigenvalue weighted by Gasteiger charge is -2.16. The minimum Gasteiger partial charge on any atom is -0.491 e. The highest BCUT2D eigenvalue weighted by molar-refractivity contribution is 5.79. The van der Waals surface area contributed by atoms with Crippen LogP contribution in [0.1, 0.15) is 18.2 Å². The van der Waals surface area contributed by atoms with Crippen LogP contribution >= 0.6 is 0 Å². The van der Waals surface area contributed by atoms with Crippen LogP contribution < -0.4 is 15.4 Å². The summed E-state index contributed by atoms with van der Waals surface area (Å²) in [7, 11) is 0. The van der Waals surface area contributed by atoms with Gasteiger partial charge < -0.3 is 24.9 Å². The summed E-state index contributed by atoms with van der Waals surface area (Å²) in [5.41, 5.74) is -0.750. The Hall–Kier alpha value is -2.68. The van der Waals surface area contributed by atoms with E-state index in [9.17, 15) is 18.3 Å². The van der Waals surface area contributed by atoms with Gasteiger partial charge in [-0.15, -0.1) is 0 Å². The Morgan fingerprint density at radius 1 is 1.22 bits per heavy atom. The van der Waals surface area contributed by atoms with Crippen molar-refractivity contribution in [3.63, 3.8) is 0 Å². The normalized spacial score (nSPS) is 13.3. The van der Waals surface area contributed by atoms with Gasteiger partial charge in [0.25, 0.3) is 0 Å². The molecule has 0 aliphatic heterocycles. The summed E-state index contributed by atoms with van der Waals surface area (Å²) < 4.78 is 48.1. The van der Waals surface area contributed by atoms with Gasteiger partial charge in [0.05, 0.1) is 11.8 Å². The van der Waals surface area contributed by atoms with E-state index in [1.54, 1.807) is 18.4 Å². The first kappa shape index (κ1) is 20.6. The molecule has 3 N–H and O–H groups in total. The number of halogens is 3. The Balaban J connectivity index is 1.78. The molecule has 1 aromatic heterocycles. The standard InChI is InChI=1S/C18H22F3N3O3/c1-2-22-17(24-11-16-4-3-9-26-16)23-10-14(25)12-27-15-7-5-13(6-8-15)18(19,20)21/h3-9,14,25H,2,10-12H2,1H3,(H2,22,23,24). The van der Waals surface area contributed by atoms with Gasteiger partial charge in [-0.1, -0.05) is 0 Å². The third-order valence-electron chi connectivity index (χ3n) is 3.45. The molecule has 2 aromatic rings. The fourth-order valence-corrected chi connectivity index (χ4v) is 2.11. The topological polar surface area (TPSA) is 79.0 Å². The molecule has 0 bridgehead atoms. The average molecular weight is 385 g/mol. The van der Waals surface area contributed by atoms with Gasteiger partial charge in [-0.2, -0.15) is 13.2 Å². The number of aliphatic hydroxyl groups is 1. The summed E-state index contributed by atoms with van der Waals surface area (Å²) in [6.07, 6.45) is -3.70. The number of ether oxygens (including phenoxy) is 1. The fourth-order valence-electron chi connectivity index (χ4n) is 2.11.